The van der Waals surface area contributed by atoms with Crippen molar-refractivity contribution in [3.05, 3.63) is 11.9 Å². The Morgan fingerprint density at radius 2 is 2.00 bits per heavy atom. The van der Waals surface area contributed by atoms with Crippen molar-refractivity contribution in [2.45, 2.75) is 38.3 Å². The lowest BCUT2D eigenvalue weighted by atomic mass is 9.76. The number of nitrogens with two attached hydrogens (primary N) is 2. The number of hydrogen-bond acceptors (Lipinski definition) is 2. The van der Waals surface area contributed by atoms with E-state index in [-0.39, 0.29) is 0 Å². The summed E-state index contributed by atoms with van der Waals surface area (Å²) in [5.74, 6) is 5.11. The van der Waals surface area contributed by atoms with Crippen molar-refractivity contribution in [3.8, 4) is 0 Å². The van der Waals surface area contributed by atoms with Crippen LogP contribution in [0.5, 0.6) is 0 Å². The molecule has 0 saturated carbocycles. The molecule has 1 atom stereocenters. The molecule has 0 aromatic rings. The zero-order valence-electron chi connectivity index (χ0n) is 9.80. The maximum atomic E-state index is 12.5. The Labute approximate surface area is 95.2 Å². The maximum Gasteiger partial charge on any atom is 0.437 e. The summed E-state index contributed by atoms with van der Waals surface area (Å²) in [7, 11) is 6.93. The van der Waals surface area contributed by atoms with E-state index in [1.54, 1.807) is 6.92 Å². The normalized spacial score (nSPS) is 17.1. The van der Waals surface area contributed by atoms with Gasteiger partial charge in [0.1, 0.15) is 6.20 Å². The second-order valence-electron chi connectivity index (χ2n) is 4.08. The van der Waals surface area contributed by atoms with E-state index in [4.69, 9.17) is 13.7 Å². The summed E-state index contributed by atoms with van der Waals surface area (Å²) < 4.78 is 37.4. The summed E-state index contributed by atoms with van der Waals surface area (Å²) in [5.41, 5.74) is -1.67. The fourth-order valence-electron chi connectivity index (χ4n) is 1.30. The van der Waals surface area contributed by atoms with E-state index >= 15 is 0 Å². The molecule has 0 bridgehead atoms. The van der Waals surface area contributed by atoms with Gasteiger partial charge in [0, 0.05) is 7.05 Å². The lowest BCUT2D eigenvalue weighted by Gasteiger charge is -2.23. The summed E-state index contributed by atoms with van der Waals surface area (Å²) in [6, 6.07) is 0. The van der Waals surface area contributed by atoms with Gasteiger partial charge in [0.05, 0.1) is 5.44 Å². The number of halogens is 3. The van der Waals surface area contributed by atoms with Gasteiger partial charge in [-0.2, -0.15) is 13.2 Å². The Kier molecular flexibility index (Phi) is 5.35. The summed E-state index contributed by atoms with van der Waals surface area (Å²) in [5, 5.41) is 1.88. The Morgan fingerprint density at radius 3 is 2.31 bits per heavy atom. The van der Waals surface area contributed by atoms with E-state index in [2.05, 4.69) is 0 Å². The average Bonchev–Trinajstić information content (AvgIpc) is 1.99. The van der Waals surface area contributed by atoms with E-state index in [0.29, 0.717) is 11.4 Å². The largest absolute Gasteiger partial charge is 0.437 e. The van der Waals surface area contributed by atoms with Crippen LogP contribution >= 0.6 is 0 Å². The fourth-order valence-corrected chi connectivity index (χ4v) is 1.30. The van der Waals surface area contributed by atoms with E-state index in [0.717, 1.165) is 19.7 Å². The minimum atomic E-state index is -4.47. The van der Waals surface area contributed by atoms with Crippen LogP contribution in [0.3, 0.4) is 0 Å². The first-order valence-electron chi connectivity index (χ1n) is 5.01. The zero-order chi connectivity index (χ0) is 13.0. The van der Waals surface area contributed by atoms with Crippen molar-refractivity contribution >= 4 is 7.85 Å². The number of hydrazine groups is 1. The summed E-state index contributed by atoms with van der Waals surface area (Å²) in [6.07, 6.45) is -2.13. The van der Waals surface area contributed by atoms with Gasteiger partial charge in [0.25, 0.3) is 0 Å². The molecule has 7 heteroatoms. The average molecular weight is 236 g/mol. The highest BCUT2D eigenvalue weighted by molar-refractivity contribution is 6.13. The molecule has 0 saturated heterocycles. The molecule has 16 heavy (non-hydrogen) atoms. The van der Waals surface area contributed by atoms with Gasteiger partial charge in [-0.05, 0) is 13.3 Å². The quantitative estimate of drug-likeness (QED) is 0.413. The van der Waals surface area contributed by atoms with Gasteiger partial charge >= 0.3 is 6.18 Å². The molecule has 4 N–H and O–H groups in total. The monoisotopic (exact) mass is 236 g/mol. The first kappa shape index (κ1) is 15.3. The molecule has 0 aromatic heterocycles. The molecule has 0 aliphatic carbocycles. The highest BCUT2D eigenvalue weighted by Crippen LogP contribution is 2.24. The van der Waals surface area contributed by atoms with Crippen molar-refractivity contribution in [1.82, 2.24) is 5.01 Å². The molecule has 0 aliphatic rings. The van der Waals surface area contributed by atoms with Crippen LogP contribution in [-0.2, 0) is 0 Å². The number of alkyl halides is 3. The van der Waals surface area contributed by atoms with Crippen molar-refractivity contribution in [2.75, 3.05) is 7.05 Å². The highest BCUT2D eigenvalue weighted by Gasteiger charge is 2.38. The van der Waals surface area contributed by atoms with E-state index < -0.39 is 17.3 Å². The van der Waals surface area contributed by atoms with Crippen LogP contribution in [0.15, 0.2) is 11.9 Å². The zero-order valence-corrected chi connectivity index (χ0v) is 9.80. The number of allylic oxidation sites excluding steroid dienone is 1. The molecule has 0 rings (SSSR count). The number of nitrogens with zero attached hydrogens (tertiary/aromatic N) is 1. The maximum absolute atomic E-state index is 12.5. The third kappa shape index (κ3) is 5.41. The van der Waals surface area contributed by atoms with Gasteiger partial charge in [-0.25, -0.2) is 5.84 Å². The lowest BCUT2D eigenvalue weighted by Crippen LogP contribution is -2.92. The van der Waals surface area contributed by atoms with Gasteiger partial charge in [0.15, 0.2) is 13.5 Å². The fraction of sp³-hybridized carbons (Fsp3) is 0.778. The van der Waals surface area contributed by atoms with Crippen LogP contribution < -0.4 is 11.2 Å². The molecule has 2 radical (unpaired) electrons. The Bertz CT molecular complexity index is 249. The first-order valence-corrected chi connectivity index (χ1v) is 5.01. The topological polar surface area (TPSA) is 45.9 Å². The second kappa shape index (κ2) is 5.59. The number of hydrogen-bond donors (Lipinski definition) is 2. The molecule has 0 aromatic carbocycles. The SMILES string of the molecule is [B]C(C)(CCC)[NH2+]C=C(N(C)N)C(F)(F)F. The molecule has 0 heterocycles. The van der Waals surface area contributed by atoms with Crippen molar-refractivity contribution < 1.29 is 18.5 Å². The summed E-state index contributed by atoms with van der Waals surface area (Å²) in [6.45, 7) is 3.60. The highest BCUT2D eigenvalue weighted by atomic mass is 19.4. The van der Waals surface area contributed by atoms with Gasteiger partial charge in [-0.1, -0.05) is 13.3 Å². The Morgan fingerprint density at radius 1 is 1.50 bits per heavy atom. The van der Waals surface area contributed by atoms with Crippen molar-refractivity contribution in [3.63, 3.8) is 0 Å². The lowest BCUT2D eigenvalue weighted by molar-refractivity contribution is -0.643. The second-order valence-corrected chi connectivity index (χ2v) is 4.08. The molecule has 0 aliphatic heterocycles. The van der Waals surface area contributed by atoms with Crippen LogP contribution in [-0.4, -0.2) is 31.5 Å². The number of rotatable bonds is 5. The summed E-state index contributed by atoms with van der Waals surface area (Å²) >= 11 is 0. The van der Waals surface area contributed by atoms with Crippen molar-refractivity contribution in [1.29, 1.82) is 0 Å². The van der Waals surface area contributed by atoms with Crippen LogP contribution in [0.2, 0.25) is 0 Å². The summed E-state index contributed by atoms with van der Waals surface area (Å²) in [4.78, 5) is 0. The smallest absolute Gasteiger partial charge is 0.322 e. The molecule has 0 fully saturated rings. The van der Waals surface area contributed by atoms with Gasteiger partial charge in [-0.15, -0.1) is 0 Å². The van der Waals surface area contributed by atoms with Crippen LogP contribution in [0.25, 0.3) is 0 Å². The van der Waals surface area contributed by atoms with E-state index in [1.165, 1.54) is 5.32 Å². The van der Waals surface area contributed by atoms with Crippen molar-refractivity contribution in [2.24, 2.45) is 5.84 Å². The van der Waals surface area contributed by atoms with Crippen LogP contribution in [0.4, 0.5) is 13.2 Å². The molecule has 3 nitrogen and oxygen atoms in total. The van der Waals surface area contributed by atoms with Crippen LogP contribution in [0.1, 0.15) is 26.7 Å². The predicted molar refractivity (Wildman–Crippen MR) is 57.1 cm³/mol. The third-order valence-electron chi connectivity index (χ3n) is 2.08. The standard InChI is InChI=1S/C9H17BF3N3/c1-4-5-8(2,10)15-6-7(16(3)14)9(11,12)13/h6,15H,4-5,14H2,1-3H3/p+1. The van der Waals surface area contributed by atoms with E-state index in [9.17, 15) is 13.2 Å². The molecule has 0 spiro atoms. The molecule has 0 amide bonds. The predicted octanol–water partition coefficient (Wildman–Crippen LogP) is 0.444. The molecular weight excluding hydrogens is 218 g/mol. The van der Waals surface area contributed by atoms with Crippen LogP contribution in [0, 0.1) is 0 Å². The molecular formula is C9H18BF3N3+. The first-order chi connectivity index (χ1) is 7.10. The number of quaternary nitrogens is 1. The Hall–Kier alpha value is -0.685. The third-order valence-corrected chi connectivity index (χ3v) is 2.08. The molecule has 1 unspecified atom stereocenters. The molecule has 92 valence electrons. The van der Waals surface area contributed by atoms with Gasteiger partial charge in [-0.3, -0.25) is 0 Å². The minimum absolute atomic E-state index is 0.540. The van der Waals surface area contributed by atoms with E-state index in [1.807, 2.05) is 6.92 Å². The van der Waals surface area contributed by atoms with Gasteiger partial charge < -0.3 is 10.3 Å². The van der Waals surface area contributed by atoms with Gasteiger partial charge in [0.2, 0.25) is 0 Å². The minimum Gasteiger partial charge on any atom is -0.322 e. The Balaban J connectivity index is 4.71.